The Bertz CT molecular complexity index is 1250. The molecule has 0 unspecified atom stereocenters. The molecule has 4 aliphatic rings. The van der Waals surface area contributed by atoms with Crippen LogP contribution in [0.5, 0.6) is 0 Å². The minimum absolute atomic E-state index is 0.161. The van der Waals surface area contributed by atoms with E-state index in [1.807, 2.05) is 60.5 Å². The molecule has 0 aromatic heterocycles. The lowest BCUT2D eigenvalue weighted by Gasteiger charge is -2.49. The number of esters is 2. The first-order chi connectivity index (χ1) is 22.8. The summed E-state index contributed by atoms with van der Waals surface area (Å²) in [5.74, 6) is -3.13. The molecule has 0 radical (unpaired) electrons. The second-order valence-corrected chi connectivity index (χ2v) is 15.6. The smallest absolute Gasteiger partial charge is 0.411 e. The standard InChI is InChI=1S/C36H61N3O10/c1-14-26-36(10)30-21(5)27(37-19(3)17-39(30)34(43)49-36)18(2)16-35(9,44-13)31(22(6)28(41)23(7)32(42)47-26)48-33-29(46-24(8)40)25(38(11)12)15-20(4)45-33/h18-23,25-26,28-31,33,41H,14-17H2,1-13H3/t18-,19+,20-,21+,22+,23-,25+,26-,28+,29-,30-,31-,33+,35-,36-/m1/s1. The molecule has 0 aliphatic carbocycles. The van der Waals surface area contributed by atoms with Gasteiger partial charge in [-0.3, -0.25) is 19.5 Å². The van der Waals surface area contributed by atoms with Crippen LogP contribution in [0.25, 0.3) is 0 Å². The molecule has 13 heteroatoms. The maximum Gasteiger partial charge on any atom is 0.411 e. The van der Waals surface area contributed by atoms with Gasteiger partial charge in [0, 0.05) is 38.1 Å². The van der Waals surface area contributed by atoms with Crippen LogP contribution in [0, 0.1) is 23.7 Å². The van der Waals surface area contributed by atoms with Gasteiger partial charge in [0.15, 0.2) is 18.0 Å². The molecular formula is C36H61N3O10. The van der Waals surface area contributed by atoms with Gasteiger partial charge in [0.05, 0.1) is 48.0 Å². The van der Waals surface area contributed by atoms with Crippen molar-refractivity contribution in [2.45, 2.75) is 155 Å². The number of cyclic esters (lactones) is 1. The Hall–Kier alpha value is -2.32. The SMILES string of the molecule is CC[C@H]1OC(=O)[C@H](C)[C@@H](O)[C@H](C)[C@@H](O[C@@H]2O[C@H](C)C[C@H](N(C)C)[C@H]2OC(C)=O)[C@](C)(OC)C[C@@H](C)C2=N[C@@H](C)CN3C(=O)O[C@@]1(C)[C@H]3[C@H]2C. The maximum atomic E-state index is 13.9. The number of methoxy groups -OCH3 is 1. The van der Waals surface area contributed by atoms with E-state index in [1.165, 1.54) is 6.92 Å². The van der Waals surface area contributed by atoms with Gasteiger partial charge in [0.25, 0.3) is 0 Å². The van der Waals surface area contributed by atoms with Crippen LogP contribution in [-0.2, 0) is 38.0 Å². The number of nitrogens with zero attached hydrogens (tertiary/aromatic N) is 3. The normalized spacial score (nSPS) is 45.2. The van der Waals surface area contributed by atoms with E-state index in [0.717, 1.165) is 5.71 Å². The highest BCUT2D eigenvalue weighted by atomic mass is 16.7. The summed E-state index contributed by atoms with van der Waals surface area (Å²) in [6, 6.07) is -0.846. The Kier molecular flexibility index (Phi) is 12.2. The van der Waals surface area contributed by atoms with Gasteiger partial charge in [-0.05, 0) is 73.9 Å². The van der Waals surface area contributed by atoms with Gasteiger partial charge in [-0.1, -0.05) is 27.7 Å². The number of ether oxygens (including phenoxy) is 6. The Balaban J connectivity index is 1.85. The van der Waals surface area contributed by atoms with Crippen molar-refractivity contribution in [3.63, 3.8) is 0 Å². The fourth-order valence-corrected chi connectivity index (χ4v) is 8.96. The highest BCUT2D eigenvalue weighted by molar-refractivity contribution is 5.91. The number of hydrogen-bond acceptors (Lipinski definition) is 12. The molecule has 1 N–H and O–H groups in total. The molecule has 4 rings (SSSR count). The van der Waals surface area contributed by atoms with E-state index in [1.54, 1.807) is 18.9 Å². The summed E-state index contributed by atoms with van der Waals surface area (Å²) in [5.41, 5.74) is -1.30. The number of likely N-dealkylation sites (N-methyl/N-ethyl adjacent to an activating group) is 1. The highest BCUT2D eigenvalue weighted by Crippen LogP contribution is 2.45. The number of hydrogen-bond donors (Lipinski definition) is 1. The minimum Gasteiger partial charge on any atom is -0.458 e. The zero-order valence-electron chi connectivity index (χ0n) is 31.8. The summed E-state index contributed by atoms with van der Waals surface area (Å²) >= 11 is 0. The average molecular weight is 696 g/mol. The van der Waals surface area contributed by atoms with E-state index in [4.69, 9.17) is 33.4 Å². The maximum absolute atomic E-state index is 13.9. The molecule has 0 saturated carbocycles. The minimum atomic E-state index is -1.23. The zero-order chi connectivity index (χ0) is 36.7. The van der Waals surface area contributed by atoms with Crippen molar-refractivity contribution in [3.8, 4) is 0 Å². The van der Waals surface area contributed by atoms with Crippen LogP contribution in [0.15, 0.2) is 4.99 Å². The highest BCUT2D eigenvalue weighted by Gasteiger charge is 2.61. The molecule has 3 saturated heterocycles. The lowest BCUT2D eigenvalue weighted by molar-refractivity contribution is -0.303. The number of fused-ring (bicyclic) bond motifs is 1. The summed E-state index contributed by atoms with van der Waals surface area (Å²) in [4.78, 5) is 48.6. The Morgan fingerprint density at radius 1 is 1.10 bits per heavy atom. The van der Waals surface area contributed by atoms with Crippen LogP contribution < -0.4 is 0 Å². The molecule has 2 bridgehead atoms. The molecule has 0 spiro atoms. The Labute approximate surface area is 292 Å². The van der Waals surface area contributed by atoms with Crippen LogP contribution in [0.3, 0.4) is 0 Å². The van der Waals surface area contributed by atoms with E-state index in [9.17, 15) is 19.5 Å². The number of carbonyl (C=O) groups excluding carboxylic acids is 3. The van der Waals surface area contributed by atoms with E-state index in [0.29, 0.717) is 25.8 Å². The van der Waals surface area contributed by atoms with Gasteiger partial charge in [0.2, 0.25) is 0 Å². The van der Waals surface area contributed by atoms with Crippen molar-refractivity contribution in [1.29, 1.82) is 0 Å². The van der Waals surface area contributed by atoms with Gasteiger partial charge >= 0.3 is 18.0 Å². The van der Waals surface area contributed by atoms with Gasteiger partial charge in [-0.25, -0.2) is 4.79 Å². The first-order valence-corrected chi connectivity index (χ1v) is 17.9. The van der Waals surface area contributed by atoms with Gasteiger partial charge in [-0.2, -0.15) is 0 Å². The predicted octanol–water partition coefficient (Wildman–Crippen LogP) is 3.83. The molecule has 49 heavy (non-hydrogen) atoms. The first-order valence-electron chi connectivity index (χ1n) is 17.9. The van der Waals surface area contributed by atoms with Crippen LogP contribution in [0.4, 0.5) is 4.79 Å². The van der Waals surface area contributed by atoms with E-state index in [2.05, 4.69) is 13.8 Å². The number of amides is 1. The monoisotopic (exact) mass is 695 g/mol. The molecule has 0 aromatic carbocycles. The van der Waals surface area contributed by atoms with Crippen molar-refractivity contribution in [1.82, 2.24) is 9.80 Å². The summed E-state index contributed by atoms with van der Waals surface area (Å²) < 4.78 is 37.7. The van der Waals surface area contributed by atoms with Crippen LogP contribution in [-0.4, -0.2) is 133 Å². The van der Waals surface area contributed by atoms with Crippen LogP contribution >= 0.6 is 0 Å². The second kappa shape index (κ2) is 15.1. The van der Waals surface area contributed by atoms with Gasteiger partial charge in [-0.15, -0.1) is 0 Å². The zero-order valence-corrected chi connectivity index (χ0v) is 31.8. The van der Waals surface area contributed by atoms with Crippen molar-refractivity contribution in [2.24, 2.45) is 28.7 Å². The van der Waals surface area contributed by atoms with Crippen molar-refractivity contribution in [2.75, 3.05) is 27.7 Å². The van der Waals surface area contributed by atoms with Crippen molar-refractivity contribution < 1.29 is 47.9 Å². The van der Waals surface area contributed by atoms with Gasteiger partial charge < -0.3 is 38.4 Å². The molecule has 0 aromatic rings. The topological polar surface area (TPSA) is 146 Å². The van der Waals surface area contributed by atoms with E-state index < -0.39 is 77.8 Å². The molecular weight excluding hydrogens is 634 g/mol. The molecule has 4 heterocycles. The van der Waals surface area contributed by atoms with Crippen LogP contribution in [0.2, 0.25) is 0 Å². The Morgan fingerprint density at radius 3 is 2.33 bits per heavy atom. The molecule has 13 nitrogen and oxygen atoms in total. The number of rotatable bonds is 6. The molecule has 280 valence electrons. The molecule has 1 amide bonds. The summed E-state index contributed by atoms with van der Waals surface area (Å²) in [7, 11) is 5.45. The predicted molar refractivity (Wildman–Crippen MR) is 182 cm³/mol. The third kappa shape index (κ3) is 7.66. The summed E-state index contributed by atoms with van der Waals surface area (Å²) in [5, 5.41) is 11.9. The molecule has 4 aliphatic heterocycles. The van der Waals surface area contributed by atoms with Crippen LogP contribution in [0.1, 0.15) is 88.5 Å². The van der Waals surface area contributed by atoms with E-state index in [-0.39, 0.29) is 30.0 Å². The number of aliphatic hydroxyl groups is 1. The largest absolute Gasteiger partial charge is 0.458 e. The lowest BCUT2D eigenvalue weighted by atomic mass is 9.72. The quantitative estimate of drug-likeness (QED) is 0.320. The third-order valence-electron chi connectivity index (χ3n) is 11.5. The average Bonchev–Trinajstić information content (AvgIpc) is 3.18. The van der Waals surface area contributed by atoms with Crippen molar-refractivity contribution >= 4 is 23.7 Å². The van der Waals surface area contributed by atoms with E-state index >= 15 is 0 Å². The Morgan fingerprint density at radius 2 is 1.76 bits per heavy atom. The first kappa shape index (κ1) is 39.5. The van der Waals surface area contributed by atoms with Crippen molar-refractivity contribution in [3.05, 3.63) is 0 Å². The number of aliphatic hydroxyl groups excluding tert-OH is 1. The lowest BCUT2D eigenvalue weighted by Crippen LogP contribution is -2.61. The number of aliphatic imine (C=N–C) groups is 1. The number of carbonyl (C=O) groups is 3. The second-order valence-electron chi connectivity index (χ2n) is 15.6. The third-order valence-corrected chi connectivity index (χ3v) is 11.5. The molecule has 15 atom stereocenters. The molecule has 3 fully saturated rings. The fourth-order valence-electron chi connectivity index (χ4n) is 8.96. The fraction of sp³-hybridized carbons (Fsp3) is 0.889. The summed E-state index contributed by atoms with van der Waals surface area (Å²) in [6.45, 7) is 18.9. The summed E-state index contributed by atoms with van der Waals surface area (Å²) in [6.07, 6.45) is -3.81. The van der Waals surface area contributed by atoms with Gasteiger partial charge in [0.1, 0.15) is 6.10 Å².